The predicted octanol–water partition coefficient (Wildman–Crippen LogP) is 1.49. The van der Waals surface area contributed by atoms with E-state index in [-0.39, 0.29) is 30.6 Å². The van der Waals surface area contributed by atoms with Crippen LogP contribution in [0.4, 0.5) is 5.69 Å². The number of nitrogens with two attached hydrogens (primary N) is 1. The summed E-state index contributed by atoms with van der Waals surface area (Å²) in [6.45, 7) is 0.382. The van der Waals surface area contributed by atoms with E-state index in [1.165, 1.54) is 4.90 Å². The molecule has 2 heterocycles. The van der Waals surface area contributed by atoms with Crippen LogP contribution in [0.1, 0.15) is 28.8 Å². The van der Waals surface area contributed by atoms with Gasteiger partial charge < -0.3 is 5.73 Å². The van der Waals surface area contributed by atoms with Gasteiger partial charge in [-0.2, -0.15) is 0 Å². The number of hydrogen-bond acceptors (Lipinski definition) is 4. The Morgan fingerprint density at radius 3 is 2.67 bits per heavy atom. The Labute approximate surface area is 144 Å². The molecule has 7 heteroatoms. The fourth-order valence-electron chi connectivity index (χ4n) is 3.48. The molecule has 2 aliphatic heterocycles. The second kappa shape index (κ2) is 5.89. The van der Waals surface area contributed by atoms with Crippen LogP contribution in [0.25, 0.3) is 10.8 Å². The molecule has 1 saturated heterocycles. The Balaban J connectivity index is 0.00000169. The quantitative estimate of drug-likeness (QED) is 0.806. The van der Waals surface area contributed by atoms with Crippen molar-refractivity contribution >= 4 is 46.6 Å². The molecule has 2 aliphatic rings. The minimum Gasteiger partial charge on any atom is -0.326 e. The van der Waals surface area contributed by atoms with Gasteiger partial charge in [0.05, 0.1) is 5.69 Å². The van der Waals surface area contributed by atoms with Crippen LogP contribution in [-0.2, 0) is 16.1 Å². The maximum absolute atomic E-state index is 12.8. The van der Waals surface area contributed by atoms with E-state index in [1.54, 1.807) is 6.07 Å². The van der Waals surface area contributed by atoms with E-state index in [9.17, 15) is 14.4 Å². The number of benzene rings is 2. The first kappa shape index (κ1) is 16.4. The van der Waals surface area contributed by atoms with Gasteiger partial charge in [-0.1, -0.05) is 18.2 Å². The maximum Gasteiger partial charge on any atom is 0.259 e. The summed E-state index contributed by atoms with van der Waals surface area (Å²) in [5.74, 6) is -0.910. The van der Waals surface area contributed by atoms with E-state index in [2.05, 4.69) is 5.32 Å². The number of nitrogens with zero attached hydrogens (tertiary/aromatic N) is 1. The first-order chi connectivity index (χ1) is 11.1. The first-order valence-corrected chi connectivity index (χ1v) is 7.53. The topological polar surface area (TPSA) is 92.5 Å². The van der Waals surface area contributed by atoms with E-state index in [0.29, 0.717) is 24.2 Å². The summed E-state index contributed by atoms with van der Waals surface area (Å²) >= 11 is 0. The lowest BCUT2D eigenvalue weighted by Gasteiger charge is -2.30. The molecule has 2 aromatic carbocycles. The Kier molecular flexibility index (Phi) is 4.03. The van der Waals surface area contributed by atoms with Gasteiger partial charge in [-0.15, -0.1) is 12.4 Å². The largest absolute Gasteiger partial charge is 0.326 e. The average Bonchev–Trinajstić information content (AvgIpc) is 2.83. The smallest absolute Gasteiger partial charge is 0.259 e. The van der Waals surface area contributed by atoms with Gasteiger partial charge in [0, 0.05) is 23.9 Å². The highest BCUT2D eigenvalue weighted by atomic mass is 35.5. The van der Waals surface area contributed by atoms with Crippen LogP contribution in [0.5, 0.6) is 0 Å². The van der Waals surface area contributed by atoms with Gasteiger partial charge in [0.2, 0.25) is 11.8 Å². The van der Waals surface area contributed by atoms with Crippen molar-refractivity contribution in [3.8, 4) is 0 Å². The molecule has 1 atom stereocenters. The minimum absolute atomic E-state index is 0. The zero-order valence-electron chi connectivity index (χ0n) is 12.7. The number of hydrogen-bond donors (Lipinski definition) is 2. The zero-order valence-corrected chi connectivity index (χ0v) is 13.6. The maximum atomic E-state index is 12.8. The predicted molar refractivity (Wildman–Crippen MR) is 92.1 cm³/mol. The lowest BCUT2D eigenvalue weighted by Crippen LogP contribution is -2.53. The van der Waals surface area contributed by atoms with Crippen molar-refractivity contribution in [3.63, 3.8) is 0 Å². The molecule has 1 unspecified atom stereocenters. The summed E-state index contributed by atoms with van der Waals surface area (Å²) in [6.07, 6.45) is 0.574. The van der Waals surface area contributed by atoms with Crippen molar-refractivity contribution in [1.82, 2.24) is 5.32 Å². The number of anilines is 1. The van der Waals surface area contributed by atoms with Crippen molar-refractivity contribution in [2.45, 2.75) is 25.4 Å². The second-order valence-electron chi connectivity index (χ2n) is 5.82. The Morgan fingerprint density at radius 1 is 1.17 bits per heavy atom. The van der Waals surface area contributed by atoms with E-state index < -0.39 is 11.9 Å². The molecular formula is C17H16ClN3O3. The summed E-state index contributed by atoms with van der Waals surface area (Å²) < 4.78 is 0. The lowest BCUT2D eigenvalue weighted by molar-refractivity contribution is -0.134. The molecule has 24 heavy (non-hydrogen) atoms. The van der Waals surface area contributed by atoms with Crippen molar-refractivity contribution in [2.24, 2.45) is 5.73 Å². The standard InChI is InChI=1S/C17H15N3O3.ClH/c18-8-9-4-5-12-15-10(9)2-1-3-11(15)17(23)20(12)13-6-7-14(21)19-16(13)22;/h1-5,13H,6-8,18H2,(H,19,21,22);1H. The average molecular weight is 346 g/mol. The highest BCUT2D eigenvalue weighted by molar-refractivity contribution is 6.27. The van der Waals surface area contributed by atoms with E-state index in [4.69, 9.17) is 5.73 Å². The van der Waals surface area contributed by atoms with Gasteiger partial charge >= 0.3 is 0 Å². The monoisotopic (exact) mass is 345 g/mol. The van der Waals surface area contributed by atoms with Crippen LogP contribution in [0.15, 0.2) is 30.3 Å². The van der Waals surface area contributed by atoms with Crippen molar-refractivity contribution < 1.29 is 14.4 Å². The number of halogens is 1. The molecule has 3 amide bonds. The summed E-state index contributed by atoms with van der Waals surface area (Å²) in [4.78, 5) is 37.9. The van der Waals surface area contributed by atoms with Gasteiger partial charge in [-0.05, 0) is 29.5 Å². The normalized spacial score (nSPS) is 19.5. The number of imide groups is 1. The van der Waals surface area contributed by atoms with Gasteiger partial charge in [-0.25, -0.2) is 0 Å². The number of amides is 3. The second-order valence-corrected chi connectivity index (χ2v) is 5.82. The molecule has 2 aromatic rings. The number of rotatable bonds is 2. The van der Waals surface area contributed by atoms with Crippen molar-refractivity contribution in [3.05, 3.63) is 41.5 Å². The van der Waals surface area contributed by atoms with E-state index in [0.717, 1.165) is 16.3 Å². The van der Waals surface area contributed by atoms with E-state index in [1.807, 2.05) is 24.3 Å². The summed E-state index contributed by atoms with van der Waals surface area (Å²) in [6, 6.07) is 8.60. The summed E-state index contributed by atoms with van der Waals surface area (Å²) in [5, 5.41) is 4.09. The number of carbonyl (C=O) groups excluding carboxylic acids is 3. The van der Waals surface area contributed by atoms with Gasteiger partial charge in [0.15, 0.2) is 0 Å². The first-order valence-electron chi connectivity index (χ1n) is 7.53. The highest BCUT2D eigenvalue weighted by Gasteiger charge is 2.40. The SMILES string of the molecule is Cl.NCc1ccc2c3c(cccc13)C(=O)N2C1CCC(=O)NC1=O. The fourth-order valence-corrected chi connectivity index (χ4v) is 3.48. The number of carbonyl (C=O) groups is 3. The Morgan fingerprint density at radius 2 is 1.96 bits per heavy atom. The van der Waals surface area contributed by atoms with Gasteiger partial charge in [0.1, 0.15) is 6.04 Å². The fraction of sp³-hybridized carbons (Fsp3) is 0.235. The van der Waals surface area contributed by atoms with Crippen LogP contribution in [-0.4, -0.2) is 23.8 Å². The van der Waals surface area contributed by atoms with Crippen LogP contribution in [0.3, 0.4) is 0 Å². The third-order valence-corrected chi connectivity index (χ3v) is 4.56. The van der Waals surface area contributed by atoms with Crippen LogP contribution in [0.2, 0.25) is 0 Å². The number of piperidine rings is 1. The Hall–Kier alpha value is -2.44. The third-order valence-electron chi connectivity index (χ3n) is 4.56. The molecule has 0 aliphatic carbocycles. The molecule has 1 fully saturated rings. The lowest BCUT2D eigenvalue weighted by atomic mass is 10.0. The molecule has 0 aromatic heterocycles. The van der Waals surface area contributed by atoms with Crippen LogP contribution in [0, 0.1) is 0 Å². The summed E-state index contributed by atoms with van der Waals surface area (Å²) in [5.41, 5.74) is 8.04. The molecular weight excluding hydrogens is 330 g/mol. The van der Waals surface area contributed by atoms with Crippen LogP contribution < -0.4 is 16.0 Å². The molecule has 4 rings (SSSR count). The number of nitrogens with one attached hydrogen (secondary N) is 1. The van der Waals surface area contributed by atoms with E-state index >= 15 is 0 Å². The zero-order chi connectivity index (χ0) is 16.1. The highest BCUT2D eigenvalue weighted by Crippen LogP contribution is 2.40. The molecule has 3 N–H and O–H groups in total. The molecule has 0 bridgehead atoms. The molecule has 0 radical (unpaired) electrons. The molecule has 0 spiro atoms. The third kappa shape index (κ3) is 2.18. The van der Waals surface area contributed by atoms with Crippen molar-refractivity contribution in [2.75, 3.05) is 4.90 Å². The minimum atomic E-state index is -0.653. The van der Waals surface area contributed by atoms with Gasteiger partial charge in [-0.3, -0.25) is 24.6 Å². The summed E-state index contributed by atoms with van der Waals surface area (Å²) in [7, 11) is 0. The van der Waals surface area contributed by atoms with Gasteiger partial charge in [0.25, 0.3) is 5.91 Å². The molecule has 6 nitrogen and oxygen atoms in total. The molecule has 0 saturated carbocycles. The Bertz CT molecular complexity index is 881. The van der Waals surface area contributed by atoms with Crippen molar-refractivity contribution in [1.29, 1.82) is 0 Å². The van der Waals surface area contributed by atoms with Crippen LogP contribution >= 0.6 is 12.4 Å². The molecule has 124 valence electrons.